The molecule has 0 amide bonds. The summed E-state index contributed by atoms with van der Waals surface area (Å²) in [7, 11) is 0. The van der Waals surface area contributed by atoms with Crippen molar-refractivity contribution in [3.05, 3.63) is 59.7 Å². The zero-order valence-corrected chi connectivity index (χ0v) is 9.17. The summed E-state index contributed by atoms with van der Waals surface area (Å²) in [5, 5.41) is 10.0. The van der Waals surface area contributed by atoms with Gasteiger partial charge in [-0.2, -0.15) is 0 Å². The molecule has 0 bridgehead atoms. The molecule has 1 N–H and O–H groups in total. The molecule has 0 fully saturated rings. The maximum absolute atomic E-state index is 10.0. The van der Waals surface area contributed by atoms with Crippen LogP contribution in [0.4, 0.5) is 0 Å². The highest BCUT2D eigenvalue weighted by Gasteiger charge is 2.09. The number of rotatable bonds is 3. The first-order valence-corrected chi connectivity index (χ1v) is 5.25. The molecule has 82 valence electrons. The maximum atomic E-state index is 10.0. The lowest BCUT2D eigenvalue weighted by atomic mass is 10.1. The number of hydrogen-bond donors (Lipinski definition) is 1. The van der Waals surface area contributed by atoms with E-state index < -0.39 is 6.10 Å². The summed E-state index contributed by atoms with van der Waals surface area (Å²) in [6.07, 6.45) is 5.18. The second kappa shape index (κ2) is 4.86. The quantitative estimate of drug-likeness (QED) is 0.850. The molecule has 0 saturated carbocycles. The van der Waals surface area contributed by atoms with Gasteiger partial charge in [-0.05, 0) is 30.2 Å². The highest BCUT2D eigenvalue weighted by atomic mass is 16.3. The van der Waals surface area contributed by atoms with Crippen LogP contribution in [0, 0.1) is 6.92 Å². The lowest BCUT2D eigenvalue weighted by Gasteiger charge is -2.10. The monoisotopic (exact) mass is 214 g/mol. The van der Waals surface area contributed by atoms with E-state index in [0.717, 1.165) is 16.8 Å². The predicted octanol–water partition coefficient (Wildman–Crippen LogP) is 2.06. The van der Waals surface area contributed by atoms with Gasteiger partial charge in [-0.3, -0.25) is 9.97 Å². The molecule has 2 rings (SSSR count). The molecule has 3 heteroatoms. The number of hydrogen-bond acceptors (Lipinski definition) is 3. The van der Waals surface area contributed by atoms with E-state index in [2.05, 4.69) is 9.97 Å². The van der Waals surface area contributed by atoms with Crippen LogP contribution in [0.3, 0.4) is 0 Å². The summed E-state index contributed by atoms with van der Waals surface area (Å²) < 4.78 is 0. The summed E-state index contributed by atoms with van der Waals surface area (Å²) in [6, 6.07) is 7.64. The van der Waals surface area contributed by atoms with Crippen LogP contribution in [0.2, 0.25) is 0 Å². The Morgan fingerprint density at radius 1 is 1.31 bits per heavy atom. The number of aliphatic hydroxyl groups excluding tert-OH is 1. The molecular formula is C13H14N2O. The van der Waals surface area contributed by atoms with E-state index in [1.807, 2.05) is 31.2 Å². The topological polar surface area (TPSA) is 46.0 Å². The average molecular weight is 214 g/mol. The number of pyridine rings is 2. The van der Waals surface area contributed by atoms with Gasteiger partial charge in [0.1, 0.15) is 0 Å². The summed E-state index contributed by atoms with van der Waals surface area (Å²) in [4.78, 5) is 8.25. The Morgan fingerprint density at radius 3 is 2.88 bits per heavy atom. The molecule has 0 aliphatic heterocycles. The second-order valence-electron chi connectivity index (χ2n) is 3.84. The van der Waals surface area contributed by atoms with Crippen LogP contribution < -0.4 is 0 Å². The minimum absolute atomic E-state index is 0.520. The molecule has 0 saturated heterocycles. The molecule has 0 radical (unpaired) electrons. The van der Waals surface area contributed by atoms with E-state index in [1.54, 1.807) is 18.6 Å². The average Bonchev–Trinajstić information content (AvgIpc) is 2.30. The fraction of sp³-hybridized carbons (Fsp3) is 0.231. The van der Waals surface area contributed by atoms with E-state index in [-0.39, 0.29) is 0 Å². The molecule has 0 aliphatic carbocycles. The van der Waals surface area contributed by atoms with Crippen LogP contribution in [-0.4, -0.2) is 15.1 Å². The van der Waals surface area contributed by atoms with Gasteiger partial charge < -0.3 is 5.11 Å². The molecule has 0 aliphatic rings. The highest BCUT2D eigenvalue weighted by Crippen LogP contribution is 2.16. The fourth-order valence-electron chi connectivity index (χ4n) is 1.60. The van der Waals surface area contributed by atoms with Crippen LogP contribution in [-0.2, 0) is 6.42 Å². The third-order valence-corrected chi connectivity index (χ3v) is 2.41. The lowest BCUT2D eigenvalue weighted by molar-refractivity contribution is 0.176. The van der Waals surface area contributed by atoms with Crippen LogP contribution in [0.15, 0.2) is 42.9 Å². The molecular weight excluding hydrogens is 200 g/mol. The van der Waals surface area contributed by atoms with Crippen molar-refractivity contribution < 1.29 is 5.11 Å². The van der Waals surface area contributed by atoms with Gasteiger partial charge in [0.25, 0.3) is 0 Å². The van der Waals surface area contributed by atoms with Gasteiger partial charge in [-0.15, -0.1) is 0 Å². The van der Waals surface area contributed by atoms with Crippen LogP contribution >= 0.6 is 0 Å². The molecule has 1 unspecified atom stereocenters. The van der Waals surface area contributed by atoms with Crippen LogP contribution in [0.1, 0.15) is 22.9 Å². The van der Waals surface area contributed by atoms with Crippen LogP contribution in [0.25, 0.3) is 0 Å². The van der Waals surface area contributed by atoms with Crippen molar-refractivity contribution in [2.24, 2.45) is 0 Å². The minimum Gasteiger partial charge on any atom is -0.388 e. The van der Waals surface area contributed by atoms with Crippen molar-refractivity contribution in [3.63, 3.8) is 0 Å². The van der Waals surface area contributed by atoms with E-state index in [9.17, 15) is 5.11 Å². The summed E-state index contributed by atoms with van der Waals surface area (Å²) in [6.45, 7) is 1.96. The van der Waals surface area contributed by atoms with Crippen molar-refractivity contribution in [1.82, 2.24) is 9.97 Å². The third-order valence-electron chi connectivity index (χ3n) is 2.41. The largest absolute Gasteiger partial charge is 0.388 e. The SMILES string of the molecule is Cc1cncc(C(O)Cc2ccccn2)c1. The Hall–Kier alpha value is -1.74. The van der Waals surface area contributed by atoms with E-state index in [1.165, 1.54) is 0 Å². The first kappa shape index (κ1) is 10.8. The van der Waals surface area contributed by atoms with Crippen molar-refractivity contribution in [1.29, 1.82) is 0 Å². The Labute approximate surface area is 94.8 Å². The van der Waals surface area contributed by atoms with Gasteiger partial charge in [-0.25, -0.2) is 0 Å². The number of aliphatic hydroxyl groups is 1. The molecule has 2 aromatic rings. The normalized spacial score (nSPS) is 12.4. The zero-order valence-electron chi connectivity index (χ0n) is 9.17. The number of nitrogens with zero attached hydrogens (tertiary/aromatic N) is 2. The maximum Gasteiger partial charge on any atom is 0.0860 e. The first-order valence-electron chi connectivity index (χ1n) is 5.25. The highest BCUT2D eigenvalue weighted by molar-refractivity contribution is 5.20. The van der Waals surface area contributed by atoms with E-state index in [4.69, 9.17) is 0 Å². The van der Waals surface area contributed by atoms with E-state index in [0.29, 0.717) is 6.42 Å². The molecule has 16 heavy (non-hydrogen) atoms. The number of aryl methyl sites for hydroxylation is 1. The van der Waals surface area contributed by atoms with Crippen molar-refractivity contribution >= 4 is 0 Å². The summed E-state index contributed by atoms with van der Waals surface area (Å²) >= 11 is 0. The van der Waals surface area contributed by atoms with Gasteiger partial charge >= 0.3 is 0 Å². The Bertz CT molecular complexity index is 456. The second-order valence-corrected chi connectivity index (χ2v) is 3.84. The van der Waals surface area contributed by atoms with Gasteiger partial charge in [0.15, 0.2) is 0 Å². The summed E-state index contributed by atoms with van der Waals surface area (Å²) in [5.41, 5.74) is 2.78. The van der Waals surface area contributed by atoms with Gasteiger partial charge in [-0.1, -0.05) is 12.1 Å². The molecule has 1 atom stereocenters. The smallest absolute Gasteiger partial charge is 0.0860 e. The molecule has 2 heterocycles. The van der Waals surface area contributed by atoms with Crippen LogP contribution in [0.5, 0.6) is 0 Å². The van der Waals surface area contributed by atoms with Crippen molar-refractivity contribution in [2.75, 3.05) is 0 Å². The standard InChI is InChI=1S/C13H14N2O/c1-10-6-11(9-14-8-10)13(16)7-12-4-2-3-5-15-12/h2-6,8-9,13,16H,7H2,1H3. The lowest BCUT2D eigenvalue weighted by Crippen LogP contribution is -2.03. The molecule has 0 spiro atoms. The molecule has 0 aromatic carbocycles. The molecule has 3 nitrogen and oxygen atoms in total. The first-order chi connectivity index (χ1) is 7.75. The zero-order chi connectivity index (χ0) is 11.4. The number of aromatic nitrogens is 2. The molecule has 2 aromatic heterocycles. The van der Waals surface area contributed by atoms with Crippen molar-refractivity contribution in [2.45, 2.75) is 19.4 Å². The van der Waals surface area contributed by atoms with Gasteiger partial charge in [0.2, 0.25) is 0 Å². The van der Waals surface area contributed by atoms with E-state index >= 15 is 0 Å². The Morgan fingerprint density at radius 2 is 2.19 bits per heavy atom. The summed E-state index contributed by atoms with van der Waals surface area (Å²) in [5.74, 6) is 0. The third kappa shape index (κ3) is 2.64. The van der Waals surface area contributed by atoms with Gasteiger partial charge in [0, 0.05) is 30.7 Å². The van der Waals surface area contributed by atoms with Crippen molar-refractivity contribution in [3.8, 4) is 0 Å². The predicted molar refractivity (Wildman–Crippen MR) is 61.9 cm³/mol. The Balaban J connectivity index is 2.12. The Kier molecular flexibility index (Phi) is 3.27. The van der Waals surface area contributed by atoms with Gasteiger partial charge in [0.05, 0.1) is 6.10 Å². The fourth-order valence-corrected chi connectivity index (χ4v) is 1.60. The minimum atomic E-state index is -0.540.